The summed E-state index contributed by atoms with van der Waals surface area (Å²) in [5, 5.41) is 15.1. The molecule has 11 heteroatoms. The fourth-order valence-electron chi connectivity index (χ4n) is 2.65. The molecule has 0 saturated heterocycles. The number of aromatic nitrogens is 3. The minimum Gasteiger partial charge on any atom is -0.330 e. The first kappa shape index (κ1) is 21.7. The molecule has 0 radical (unpaired) electrons. The highest BCUT2D eigenvalue weighted by Crippen LogP contribution is 2.34. The molecule has 0 aliphatic heterocycles. The second-order valence-corrected chi connectivity index (χ2v) is 9.70. The van der Waals surface area contributed by atoms with Gasteiger partial charge in [0.05, 0.1) is 11.4 Å². The molecule has 2 aromatic heterocycles. The van der Waals surface area contributed by atoms with Gasteiger partial charge in [-0.2, -0.15) is 0 Å². The summed E-state index contributed by atoms with van der Waals surface area (Å²) in [6.45, 7) is 1.39. The minimum absolute atomic E-state index is 0.185. The zero-order chi connectivity index (χ0) is 21.8. The number of amides is 1. The molecule has 0 bridgehead atoms. The van der Waals surface area contributed by atoms with Crippen molar-refractivity contribution in [2.24, 2.45) is 0 Å². The fourth-order valence-corrected chi connectivity index (χ4v) is 5.49. The Balaban J connectivity index is 1.42. The molecule has 0 atom stereocenters. The number of carbonyl (C=O) groups excluding carboxylic acids is 1. The van der Waals surface area contributed by atoms with Gasteiger partial charge in [-0.1, -0.05) is 52.9 Å². The van der Waals surface area contributed by atoms with Crippen molar-refractivity contribution in [3.63, 3.8) is 0 Å². The minimum atomic E-state index is -0.475. The van der Waals surface area contributed by atoms with Crippen molar-refractivity contribution in [3.05, 3.63) is 70.4 Å². The molecule has 1 N–H and O–H groups in total. The molecular formula is C20H15ClFN5OS3. The van der Waals surface area contributed by atoms with Crippen LogP contribution in [-0.2, 0) is 10.5 Å². The van der Waals surface area contributed by atoms with E-state index in [1.807, 2.05) is 23.6 Å². The topological polar surface area (TPSA) is 71.0 Å². The third-order valence-electron chi connectivity index (χ3n) is 3.97. The summed E-state index contributed by atoms with van der Waals surface area (Å²) in [7, 11) is 0. The molecule has 2 heterocycles. The van der Waals surface area contributed by atoms with Crippen LogP contribution >= 0.6 is 46.0 Å². The smallest absolute Gasteiger partial charge is 0.230 e. The summed E-state index contributed by atoms with van der Waals surface area (Å²) in [6, 6.07) is 13.5. The quantitative estimate of drug-likeness (QED) is 0.297. The number of rotatable bonds is 7. The second kappa shape index (κ2) is 9.73. The first-order chi connectivity index (χ1) is 15.0. The SMILES string of the molecule is CC(=O)N(c1nc(CSc2nnc(Nc3cccc(Cl)c3)s2)cs1)c1ccccc1F. The van der Waals surface area contributed by atoms with E-state index in [0.29, 0.717) is 21.0 Å². The predicted molar refractivity (Wildman–Crippen MR) is 126 cm³/mol. The van der Waals surface area contributed by atoms with Crippen LogP contribution in [0.4, 0.5) is 26.0 Å². The molecule has 2 aromatic carbocycles. The molecule has 158 valence electrons. The number of thiazole rings is 1. The predicted octanol–water partition coefficient (Wildman–Crippen LogP) is 6.51. The lowest BCUT2D eigenvalue weighted by molar-refractivity contribution is -0.115. The summed E-state index contributed by atoms with van der Waals surface area (Å²) in [4.78, 5) is 17.9. The van der Waals surface area contributed by atoms with Crippen molar-refractivity contribution in [2.75, 3.05) is 10.2 Å². The van der Waals surface area contributed by atoms with Crippen LogP contribution in [0.25, 0.3) is 0 Å². The van der Waals surface area contributed by atoms with Crippen molar-refractivity contribution in [1.29, 1.82) is 0 Å². The normalized spacial score (nSPS) is 10.8. The number of anilines is 4. The van der Waals surface area contributed by atoms with Crippen molar-refractivity contribution in [2.45, 2.75) is 17.0 Å². The molecule has 4 rings (SSSR count). The summed E-state index contributed by atoms with van der Waals surface area (Å²) >= 11 is 10.2. The Labute approximate surface area is 195 Å². The van der Waals surface area contributed by atoms with E-state index in [9.17, 15) is 9.18 Å². The average molecular weight is 492 g/mol. The third-order valence-corrected chi connectivity index (χ3v) is 7.08. The van der Waals surface area contributed by atoms with Crippen LogP contribution < -0.4 is 10.2 Å². The number of nitrogens with zero attached hydrogens (tertiary/aromatic N) is 4. The van der Waals surface area contributed by atoms with Crippen LogP contribution in [0.5, 0.6) is 0 Å². The van der Waals surface area contributed by atoms with Crippen molar-refractivity contribution in [3.8, 4) is 0 Å². The molecule has 4 aromatic rings. The zero-order valence-corrected chi connectivity index (χ0v) is 19.3. The molecule has 0 fully saturated rings. The van der Waals surface area contributed by atoms with Crippen molar-refractivity contribution < 1.29 is 9.18 Å². The fraction of sp³-hybridized carbons (Fsp3) is 0.100. The van der Waals surface area contributed by atoms with E-state index in [1.54, 1.807) is 24.3 Å². The number of hydrogen-bond donors (Lipinski definition) is 1. The van der Waals surface area contributed by atoms with Gasteiger partial charge in [0, 0.05) is 28.8 Å². The number of nitrogens with one attached hydrogen (secondary N) is 1. The number of carbonyl (C=O) groups is 1. The monoisotopic (exact) mass is 491 g/mol. The Bertz CT molecular complexity index is 1210. The average Bonchev–Trinajstić information content (AvgIpc) is 3.37. The van der Waals surface area contributed by atoms with Gasteiger partial charge in [-0.05, 0) is 30.3 Å². The van der Waals surface area contributed by atoms with Crippen LogP contribution in [0.15, 0.2) is 58.3 Å². The van der Waals surface area contributed by atoms with E-state index in [1.165, 1.54) is 52.3 Å². The molecule has 0 saturated carbocycles. The van der Waals surface area contributed by atoms with Gasteiger partial charge < -0.3 is 5.32 Å². The summed E-state index contributed by atoms with van der Waals surface area (Å²) in [6.07, 6.45) is 0. The molecule has 31 heavy (non-hydrogen) atoms. The van der Waals surface area contributed by atoms with Crippen LogP contribution in [0.2, 0.25) is 5.02 Å². The van der Waals surface area contributed by atoms with E-state index >= 15 is 0 Å². The highest BCUT2D eigenvalue weighted by Gasteiger charge is 2.21. The first-order valence-electron chi connectivity index (χ1n) is 8.98. The Hall–Kier alpha value is -2.53. The lowest BCUT2D eigenvalue weighted by atomic mass is 10.3. The van der Waals surface area contributed by atoms with Gasteiger partial charge in [0.2, 0.25) is 11.0 Å². The molecular weight excluding hydrogens is 477 g/mol. The van der Waals surface area contributed by atoms with E-state index in [-0.39, 0.29) is 11.6 Å². The number of thioether (sulfide) groups is 1. The van der Waals surface area contributed by atoms with Gasteiger partial charge in [-0.25, -0.2) is 9.37 Å². The zero-order valence-electron chi connectivity index (χ0n) is 16.1. The number of hydrogen-bond acceptors (Lipinski definition) is 8. The molecule has 1 amide bonds. The molecule has 0 spiro atoms. The summed E-state index contributed by atoms with van der Waals surface area (Å²) in [5.74, 6) is -0.234. The van der Waals surface area contributed by atoms with Gasteiger partial charge in [0.1, 0.15) is 5.82 Å². The van der Waals surface area contributed by atoms with Crippen LogP contribution in [0, 0.1) is 5.82 Å². The van der Waals surface area contributed by atoms with Gasteiger partial charge in [-0.15, -0.1) is 21.5 Å². The van der Waals surface area contributed by atoms with Gasteiger partial charge in [0.25, 0.3) is 0 Å². The molecule has 0 aliphatic carbocycles. The summed E-state index contributed by atoms with van der Waals surface area (Å²) in [5.41, 5.74) is 1.79. The lowest BCUT2D eigenvalue weighted by Gasteiger charge is -2.18. The van der Waals surface area contributed by atoms with Crippen LogP contribution in [-0.4, -0.2) is 21.1 Å². The Morgan fingerprint density at radius 3 is 2.84 bits per heavy atom. The standard InChI is InChI=1S/C20H15ClFN5OS3/c1-12(28)27(17-8-3-2-7-16(17)22)19-24-15(10-29-19)11-30-20-26-25-18(31-20)23-14-6-4-5-13(21)9-14/h2-10H,11H2,1H3,(H,23,25). The van der Waals surface area contributed by atoms with E-state index < -0.39 is 5.82 Å². The number of halogens is 2. The maximum atomic E-state index is 14.2. The Kier molecular flexibility index (Phi) is 6.81. The third kappa shape index (κ3) is 5.40. The maximum absolute atomic E-state index is 14.2. The second-order valence-electron chi connectivity index (χ2n) is 6.22. The maximum Gasteiger partial charge on any atom is 0.230 e. The Morgan fingerprint density at radius 1 is 1.23 bits per heavy atom. The van der Waals surface area contributed by atoms with Gasteiger partial charge in [0.15, 0.2) is 9.47 Å². The van der Waals surface area contributed by atoms with Gasteiger partial charge >= 0.3 is 0 Å². The van der Waals surface area contributed by atoms with Crippen molar-refractivity contribution >= 4 is 73.6 Å². The first-order valence-corrected chi connectivity index (χ1v) is 12.0. The van der Waals surface area contributed by atoms with Crippen molar-refractivity contribution in [1.82, 2.24) is 15.2 Å². The van der Waals surface area contributed by atoms with Crippen LogP contribution in [0.1, 0.15) is 12.6 Å². The van der Waals surface area contributed by atoms with E-state index in [2.05, 4.69) is 20.5 Å². The summed E-state index contributed by atoms with van der Waals surface area (Å²) < 4.78 is 15.0. The van der Waals surface area contributed by atoms with E-state index in [4.69, 9.17) is 11.6 Å². The highest BCUT2D eigenvalue weighted by molar-refractivity contribution is 8.00. The highest BCUT2D eigenvalue weighted by atomic mass is 35.5. The largest absolute Gasteiger partial charge is 0.330 e. The molecule has 6 nitrogen and oxygen atoms in total. The lowest BCUT2D eigenvalue weighted by Crippen LogP contribution is -2.23. The molecule has 0 aliphatic rings. The van der Waals surface area contributed by atoms with Gasteiger partial charge in [-0.3, -0.25) is 9.69 Å². The van der Waals surface area contributed by atoms with Crippen LogP contribution in [0.3, 0.4) is 0 Å². The number of para-hydroxylation sites is 1. The Morgan fingerprint density at radius 2 is 2.06 bits per heavy atom. The molecule has 0 unspecified atom stereocenters. The number of benzene rings is 2. The van der Waals surface area contributed by atoms with E-state index in [0.717, 1.165) is 15.7 Å².